The van der Waals surface area contributed by atoms with Gasteiger partial charge >= 0.3 is 0 Å². The summed E-state index contributed by atoms with van der Waals surface area (Å²) in [6.07, 6.45) is 11.9. The first kappa shape index (κ1) is 18.5. The molecular formula is C22H27N5O. The third kappa shape index (κ3) is 4.16. The van der Waals surface area contributed by atoms with Crippen molar-refractivity contribution in [1.29, 1.82) is 0 Å². The van der Waals surface area contributed by atoms with Crippen molar-refractivity contribution in [3.63, 3.8) is 0 Å². The number of imidazole rings is 1. The molecule has 0 N–H and O–H groups in total. The number of hydrogen-bond acceptors (Lipinski definition) is 3. The second kappa shape index (κ2) is 8.42. The number of carbonyl (C=O) groups excluding carboxylic acids is 1. The minimum absolute atomic E-state index is 0.148. The van der Waals surface area contributed by atoms with Gasteiger partial charge in [-0.1, -0.05) is 12.1 Å². The normalized spacial score (nSPS) is 17.0. The van der Waals surface area contributed by atoms with Gasteiger partial charge in [-0.15, -0.1) is 0 Å². The number of amides is 1. The standard InChI is InChI=1S/C22H27N5O/c1-18-23-11-15-25(18)14-9-21-8-2-3-13-27(21)22(28)20-7-4-6-19(16-20)17-26-12-5-10-24-26/h4-7,10-12,15-16,21H,2-3,8-9,13-14,17H2,1H3/t21-/m1/s1. The van der Waals surface area contributed by atoms with E-state index in [1.54, 1.807) is 6.20 Å². The Morgan fingerprint density at radius 2 is 2.11 bits per heavy atom. The number of aryl methyl sites for hydroxylation is 2. The van der Waals surface area contributed by atoms with Gasteiger partial charge in [0.25, 0.3) is 5.91 Å². The maximum absolute atomic E-state index is 13.3. The van der Waals surface area contributed by atoms with Crippen LogP contribution in [0.1, 0.15) is 47.4 Å². The molecule has 3 aromatic rings. The molecule has 6 heteroatoms. The van der Waals surface area contributed by atoms with Gasteiger partial charge in [-0.25, -0.2) is 4.98 Å². The molecule has 1 fully saturated rings. The van der Waals surface area contributed by atoms with Crippen LogP contribution in [0, 0.1) is 6.92 Å². The Hall–Kier alpha value is -2.89. The molecule has 28 heavy (non-hydrogen) atoms. The number of nitrogens with zero attached hydrogens (tertiary/aromatic N) is 5. The summed E-state index contributed by atoms with van der Waals surface area (Å²) in [6.45, 7) is 4.45. The van der Waals surface area contributed by atoms with Crippen molar-refractivity contribution in [1.82, 2.24) is 24.2 Å². The summed E-state index contributed by atoms with van der Waals surface area (Å²) in [7, 11) is 0. The van der Waals surface area contributed by atoms with Crippen LogP contribution in [-0.2, 0) is 13.1 Å². The third-order valence-corrected chi connectivity index (χ3v) is 5.59. The summed E-state index contributed by atoms with van der Waals surface area (Å²) in [6, 6.07) is 10.2. The number of likely N-dealkylation sites (tertiary alicyclic amines) is 1. The minimum atomic E-state index is 0.148. The van der Waals surface area contributed by atoms with Gasteiger partial charge in [0.2, 0.25) is 0 Å². The Balaban J connectivity index is 1.46. The molecule has 0 aliphatic carbocycles. The molecule has 1 saturated heterocycles. The first-order valence-electron chi connectivity index (χ1n) is 10.1. The molecule has 0 radical (unpaired) electrons. The average molecular weight is 377 g/mol. The van der Waals surface area contributed by atoms with E-state index in [0.717, 1.165) is 49.3 Å². The first-order chi connectivity index (χ1) is 13.7. The number of carbonyl (C=O) groups is 1. The summed E-state index contributed by atoms with van der Waals surface area (Å²) >= 11 is 0. The van der Waals surface area contributed by atoms with E-state index < -0.39 is 0 Å². The van der Waals surface area contributed by atoms with Crippen molar-refractivity contribution in [2.24, 2.45) is 0 Å². The summed E-state index contributed by atoms with van der Waals surface area (Å²) < 4.78 is 4.04. The Labute approximate surface area is 165 Å². The average Bonchev–Trinajstić information content (AvgIpc) is 3.38. The summed E-state index contributed by atoms with van der Waals surface area (Å²) in [5, 5.41) is 4.26. The summed E-state index contributed by atoms with van der Waals surface area (Å²) in [5.74, 6) is 1.18. The molecule has 146 valence electrons. The van der Waals surface area contributed by atoms with Crippen molar-refractivity contribution in [2.75, 3.05) is 6.54 Å². The molecule has 1 aliphatic rings. The van der Waals surface area contributed by atoms with E-state index in [1.807, 2.05) is 60.5 Å². The zero-order chi connectivity index (χ0) is 19.3. The summed E-state index contributed by atoms with van der Waals surface area (Å²) in [5.41, 5.74) is 1.87. The molecule has 0 bridgehead atoms. The Morgan fingerprint density at radius 3 is 2.89 bits per heavy atom. The van der Waals surface area contributed by atoms with E-state index in [2.05, 4.69) is 19.5 Å². The van der Waals surface area contributed by atoms with E-state index in [1.165, 1.54) is 6.42 Å². The van der Waals surface area contributed by atoms with Gasteiger partial charge in [0.1, 0.15) is 5.82 Å². The van der Waals surface area contributed by atoms with Crippen LogP contribution >= 0.6 is 0 Å². The number of benzene rings is 1. The third-order valence-electron chi connectivity index (χ3n) is 5.59. The monoisotopic (exact) mass is 377 g/mol. The molecule has 6 nitrogen and oxygen atoms in total. The molecule has 1 aromatic carbocycles. The predicted molar refractivity (Wildman–Crippen MR) is 108 cm³/mol. The largest absolute Gasteiger partial charge is 0.336 e. The Morgan fingerprint density at radius 1 is 1.18 bits per heavy atom. The van der Waals surface area contributed by atoms with Crippen molar-refractivity contribution in [3.05, 3.63) is 72.1 Å². The highest BCUT2D eigenvalue weighted by molar-refractivity contribution is 5.94. The van der Waals surface area contributed by atoms with E-state index in [-0.39, 0.29) is 11.9 Å². The Bertz CT molecular complexity index is 915. The number of aromatic nitrogens is 4. The van der Waals surface area contributed by atoms with Crippen molar-refractivity contribution in [2.45, 2.75) is 51.7 Å². The van der Waals surface area contributed by atoms with Gasteiger partial charge in [-0.05, 0) is 56.4 Å². The molecule has 1 atom stereocenters. The molecular weight excluding hydrogens is 350 g/mol. The van der Waals surface area contributed by atoms with Crippen LogP contribution in [0.5, 0.6) is 0 Å². The van der Waals surface area contributed by atoms with Crippen LogP contribution in [0.25, 0.3) is 0 Å². The topological polar surface area (TPSA) is 56.0 Å². The molecule has 1 aliphatic heterocycles. The minimum Gasteiger partial charge on any atom is -0.336 e. The predicted octanol–water partition coefficient (Wildman–Crippen LogP) is 3.52. The van der Waals surface area contributed by atoms with Crippen molar-refractivity contribution in [3.8, 4) is 0 Å². The maximum Gasteiger partial charge on any atom is 0.254 e. The SMILES string of the molecule is Cc1nccn1CC[C@H]1CCCCN1C(=O)c1cccc(Cn2cccn2)c1. The second-order valence-electron chi connectivity index (χ2n) is 7.51. The molecule has 0 unspecified atom stereocenters. The number of hydrogen-bond donors (Lipinski definition) is 0. The first-order valence-corrected chi connectivity index (χ1v) is 10.1. The fraction of sp³-hybridized carbons (Fsp3) is 0.409. The lowest BCUT2D eigenvalue weighted by Crippen LogP contribution is -2.44. The quantitative estimate of drug-likeness (QED) is 0.660. The molecule has 2 aromatic heterocycles. The van der Waals surface area contributed by atoms with Crippen LogP contribution in [0.3, 0.4) is 0 Å². The number of rotatable bonds is 6. The van der Waals surface area contributed by atoms with Gasteiger partial charge < -0.3 is 9.47 Å². The maximum atomic E-state index is 13.3. The smallest absolute Gasteiger partial charge is 0.254 e. The molecule has 3 heterocycles. The van der Waals surface area contributed by atoms with Gasteiger partial charge in [0.05, 0.1) is 6.54 Å². The second-order valence-corrected chi connectivity index (χ2v) is 7.51. The van der Waals surface area contributed by atoms with Gasteiger partial charge in [-0.2, -0.15) is 5.10 Å². The lowest BCUT2D eigenvalue weighted by atomic mass is 9.97. The van der Waals surface area contributed by atoms with Crippen molar-refractivity contribution >= 4 is 5.91 Å². The van der Waals surface area contributed by atoms with Gasteiger partial charge in [0, 0.05) is 49.5 Å². The highest BCUT2D eigenvalue weighted by Gasteiger charge is 2.27. The molecule has 4 rings (SSSR count). The molecule has 0 saturated carbocycles. The molecule has 0 spiro atoms. The fourth-order valence-corrected chi connectivity index (χ4v) is 4.05. The van der Waals surface area contributed by atoms with Crippen LogP contribution in [0.4, 0.5) is 0 Å². The van der Waals surface area contributed by atoms with Crippen molar-refractivity contribution < 1.29 is 4.79 Å². The molecule has 1 amide bonds. The lowest BCUT2D eigenvalue weighted by molar-refractivity contribution is 0.0595. The highest BCUT2D eigenvalue weighted by Crippen LogP contribution is 2.23. The summed E-state index contributed by atoms with van der Waals surface area (Å²) in [4.78, 5) is 19.7. The van der Waals surface area contributed by atoms with Crippen LogP contribution < -0.4 is 0 Å². The highest BCUT2D eigenvalue weighted by atomic mass is 16.2. The number of piperidine rings is 1. The lowest BCUT2D eigenvalue weighted by Gasteiger charge is -2.36. The van der Waals surface area contributed by atoms with Crippen LogP contribution in [0.2, 0.25) is 0 Å². The van der Waals surface area contributed by atoms with E-state index >= 15 is 0 Å². The van der Waals surface area contributed by atoms with E-state index in [9.17, 15) is 4.79 Å². The Kier molecular flexibility index (Phi) is 5.55. The van der Waals surface area contributed by atoms with E-state index in [4.69, 9.17) is 0 Å². The zero-order valence-electron chi connectivity index (χ0n) is 16.4. The van der Waals surface area contributed by atoms with Gasteiger partial charge in [0.15, 0.2) is 0 Å². The fourth-order valence-electron chi connectivity index (χ4n) is 4.05. The van der Waals surface area contributed by atoms with E-state index in [0.29, 0.717) is 6.54 Å². The zero-order valence-corrected chi connectivity index (χ0v) is 16.4. The van der Waals surface area contributed by atoms with Crippen LogP contribution in [0.15, 0.2) is 55.1 Å². The van der Waals surface area contributed by atoms with Gasteiger partial charge in [-0.3, -0.25) is 9.48 Å². The van der Waals surface area contributed by atoms with Crippen LogP contribution in [-0.4, -0.2) is 42.7 Å².